The number of nitrogens with two attached hydrogens (primary N) is 1. The minimum absolute atomic E-state index is 0.0297. The van der Waals surface area contributed by atoms with Crippen molar-refractivity contribution in [1.29, 1.82) is 0 Å². The molecule has 0 bridgehead atoms. The quantitative estimate of drug-likeness (QED) is 0.795. The van der Waals surface area contributed by atoms with Crippen LogP contribution in [-0.2, 0) is 12.8 Å². The molecule has 0 aromatic heterocycles. The molecule has 4 nitrogen and oxygen atoms in total. The second-order valence-electron chi connectivity index (χ2n) is 6.86. The van der Waals surface area contributed by atoms with Gasteiger partial charge >= 0.3 is 0 Å². The van der Waals surface area contributed by atoms with Gasteiger partial charge in [-0.1, -0.05) is 12.1 Å². The minimum Gasteiger partial charge on any atom is -0.508 e. The van der Waals surface area contributed by atoms with Gasteiger partial charge in [0.05, 0.1) is 6.04 Å². The average molecular weight is 322 g/mol. The molecule has 0 fully saturated rings. The molecule has 2 aliphatic carbocycles. The number of fused-ring (bicyclic) bond motifs is 2. The number of hydrogen-bond donors (Lipinski definition) is 3. The van der Waals surface area contributed by atoms with Crippen molar-refractivity contribution in [3.05, 3.63) is 64.2 Å². The Labute approximate surface area is 141 Å². The molecule has 4 N–H and O–H groups in total. The molecule has 0 aliphatic heterocycles. The molecule has 24 heavy (non-hydrogen) atoms. The van der Waals surface area contributed by atoms with Gasteiger partial charge in [-0.2, -0.15) is 0 Å². The largest absolute Gasteiger partial charge is 0.508 e. The van der Waals surface area contributed by atoms with E-state index in [4.69, 9.17) is 5.73 Å². The number of carbonyl (C=O) groups is 1. The molecule has 0 heterocycles. The van der Waals surface area contributed by atoms with Crippen LogP contribution in [0.15, 0.2) is 36.4 Å². The van der Waals surface area contributed by atoms with Crippen molar-refractivity contribution >= 4 is 5.91 Å². The third-order valence-electron chi connectivity index (χ3n) is 5.28. The molecule has 4 rings (SSSR count). The summed E-state index contributed by atoms with van der Waals surface area (Å²) < 4.78 is 0. The van der Waals surface area contributed by atoms with Crippen LogP contribution >= 0.6 is 0 Å². The van der Waals surface area contributed by atoms with E-state index in [0.717, 1.165) is 37.7 Å². The molecule has 2 aliphatic rings. The second kappa shape index (κ2) is 5.95. The maximum atomic E-state index is 12.7. The first-order valence-corrected chi connectivity index (χ1v) is 8.63. The van der Waals surface area contributed by atoms with E-state index in [1.807, 2.05) is 24.3 Å². The Kier molecular flexibility index (Phi) is 3.77. The molecule has 0 spiro atoms. The summed E-state index contributed by atoms with van der Waals surface area (Å²) in [5.41, 5.74) is 11.4. The third-order valence-corrected chi connectivity index (χ3v) is 5.28. The van der Waals surface area contributed by atoms with Crippen LogP contribution in [0.5, 0.6) is 5.75 Å². The van der Waals surface area contributed by atoms with E-state index >= 15 is 0 Å². The summed E-state index contributed by atoms with van der Waals surface area (Å²) in [6.45, 7) is 0. The summed E-state index contributed by atoms with van der Waals surface area (Å²) in [7, 11) is 0. The highest BCUT2D eigenvalue weighted by molar-refractivity contribution is 5.94. The monoisotopic (exact) mass is 322 g/mol. The first-order chi connectivity index (χ1) is 11.6. The Morgan fingerprint density at radius 1 is 1.04 bits per heavy atom. The molecule has 0 saturated carbocycles. The minimum atomic E-state index is -0.0573. The van der Waals surface area contributed by atoms with E-state index in [-0.39, 0.29) is 23.7 Å². The normalized spacial score (nSPS) is 21.9. The Hall–Kier alpha value is -2.33. The first kappa shape index (κ1) is 15.2. The van der Waals surface area contributed by atoms with Gasteiger partial charge in [0.15, 0.2) is 0 Å². The zero-order chi connectivity index (χ0) is 16.7. The summed E-state index contributed by atoms with van der Waals surface area (Å²) in [4.78, 5) is 12.7. The van der Waals surface area contributed by atoms with E-state index in [0.29, 0.717) is 5.56 Å². The van der Waals surface area contributed by atoms with Crippen molar-refractivity contribution in [2.45, 2.75) is 44.2 Å². The summed E-state index contributed by atoms with van der Waals surface area (Å²) in [5, 5.41) is 12.8. The number of amides is 1. The molecule has 124 valence electrons. The van der Waals surface area contributed by atoms with Crippen LogP contribution in [0.3, 0.4) is 0 Å². The van der Waals surface area contributed by atoms with Crippen molar-refractivity contribution in [2.75, 3.05) is 0 Å². The predicted octanol–water partition coefficient (Wildman–Crippen LogP) is 3.15. The van der Waals surface area contributed by atoms with Gasteiger partial charge in [-0.15, -0.1) is 0 Å². The van der Waals surface area contributed by atoms with Gasteiger partial charge in [0, 0.05) is 11.6 Å². The predicted molar refractivity (Wildman–Crippen MR) is 92.9 cm³/mol. The van der Waals surface area contributed by atoms with Crippen LogP contribution in [0.25, 0.3) is 0 Å². The van der Waals surface area contributed by atoms with Crippen LogP contribution in [0.4, 0.5) is 0 Å². The lowest BCUT2D eigenvalue weighted by Gasteiger charge is -2.23. The molecular formula is C20H22N2O2. The van der Waals surface area contributed by atoms with E-state index in [9.17, 15) is 9.90 Å². The molecule has 4 heteroatoms. The lowest BCUT2D eigenvalue weighted by molar-refractivity contribution is 0.0936. The fourth-order valence-electron chi connectivity index (χ4n) is 3.97. The number of carbonyl (C=O) groups excluding carboxylic acids is 1. The fourth-order valence-corrected chi connectivity index (χ4v) is 3.97. The molecular weight excluding hydrogens is 300 g/mol. The lowest BCUT2D eigenvalue weighted by Crippen LogP contribution is -2.27. The molecule has 2 aromatic rings. The number of phenolic OH excluding ortho intramolecular Hbond substituents is 1. The summed E-state index contributed by atoms with van der Waals surface area (Å²) >= 11 is 0. The molecule has 2 atom stereocenters. The fraction of sp³-hybridized carbons (Fsp3) is 0.350. The standard InChI is InChI=1S/C20H22N2O2/c21-18-3-1-2-13-10-14(5-8-16(13)18)20(24)22-19-9-6-12-4-7-15(23)11-17(12)19/h4-5,7-8,10-11,18-19,23H,1-3,6,9,21H2,(H,22,24). The maximum Gasteiger partial charge on any atom is 0.251 e. The van der Waals surface area contributed by atoms with Gasteiger partial charge in [-0.3, -0.25) is 4.79 Å². The SMILES string of the molecule is NC1CCCc2cc(C(=O)NC3CCc4ccc(O)cc43)ccc21. The maximum absolute atomic E-state index is 12.7. The Balaban J connectivity index is 1.55. The molecule has 0 radical (unpaired) electrons. The molecule has 2 unspecified atom stereocenters. The van der Waals surface area contributed by atoms with Crippen LogP contribution in [0.2, 0.25) is 0 Å². The van der Waals surface area contributed by atoms with Gasteiger partial charge in [-0.25, -0.2) is 0 Å². The zero-order valence-electron chi connectivity index (χ0n) is 13.6. The number of aromatic hydroxyl groups is 1. The Morgan fingerprint density at radius 2 is 1.92 bits per heavy atom. The number of aryl methyl sites for hydroxylation is 2. The lowest BCUT2D eigenvalue weighted by atomic mass is 9.87. The van der Waals surface area contributed by atoms with E-state index in [2.05, 4.69) is 5.32 Å². The Bertz CT molecular complexity index is 800. The van der Waals surface area contributed by atoms with E-state index in [1.165, 1.54) is 16.7 Å². The van der Waals surface area contributed by atoms with Crippen LogP contribution < -0.4 is 11.1 Å². The summed E-state index contributed by atoms with van der Waals surface area (Å²) in [5.74, 6) is 0.191. The highest BCUT2D eigenvalue weighted by atomic mass is 16.3. The van der Waals surface area contributed by atoms with Gasteiger partial charge in [0.25, 0.3) is 5.91 Å². The molecule has 1 amide bonds. The van der Waals surface area contributed by atoms with Crippen molar-refractivity contribution in [3.63, 3.8) is 0 Å². The Morgan fingerprint density at radius 3 is 2.79 bits per heavy atom. The highest BCUT2D eigenvalue weighted by Gasteiger charge is 2.25. The second-order valence-corrected chi connectivity index (χ2v) is 6.86. The van der Waals surface area contributed by atoms with Gasteiger partial charge in [0.2, 0.25) is 0 Å². The van der Waals surface area contributed by atoms with E-state index in [1.54, 1.807) is 12.1 Å². The highest BCUT2D eigenvalue weighted by Crippen LogP contribution is 2.34. The van der Waals surface area contributed by atoms with E-state index < -0.39 is 0 Å². The van der Waals surface area contributed by atoms with Crippen LogP contribution in [0.1, 0.15) is 64.0 Å². The van der Waals surface area contributed by atoms with Gasteiger partial charge in [0.1, 0.15) is 5.75 Å². The smallest absolute Gasteiger partial charge is 0.251 e. The topological polar surface area (TPSA) is 75.4 Å². The van der Waals surface area contributed by atoms with Crippen molar-refractivity contribution in [2.24, 2.45) is 5.73 Å². The third kappa shape index (κ3) is 2.67. The summed E-state index contributed by atoms with van der Waals surface area (Å²) in [6.07, 6.45) is 4.89. The number of benzene rings is 2. The number of hydrogen-bond acceptors (Lipinski definition) is 3. The average Bonchev–Trinajstić information content (AvgIpc) is 2.97. The van der Waals surface area contributed by atoms with Crippen molar-refractivity contribution in [3.8, 4) is 5.75 Å². The number of rotatable bonds is 2. The number of nitrogens with one attached hydrogen (secondary N) is 1. The number of phenols is 1. The van der Waals surface area contributed by atoms with Crippen molar-refractivity contribution in [1.82, 2.24) is 5.32 Å². The van der Waals surface area contributed by atoms with Crippen LogP contribution in [0, 0.1) is 0 Å². The summed E-state index contributed by atoms with van der Waals surface area (Å²) in [6, 6.07) is 11.3. The zero-order valence-corrected chi connectivity index (χ0v) is 13.6. The molecule has 0 saturated heterocycles. The van der Waals surface area contributed by atoms with Gasteiger partial charge < -0.3 is 16.2 Å². The molecule has 2 aromatic carbocycles. The first-order valence-electron chi connectivity index (χ1n) is 8.63. The van der Waals surface area contributed by atoms with Crippen molar-refractivity contribution < 1.29 is 9.90 Å². The van der Waals surface area contributed by atoms with Gasteiger partial charge in [-0.05, 0) is 78.6 Å². The van der Waals surface area contributed by atoms with Crippen LogP contribution in [-0.4, -0.2) is 11.0 Å².